The molecule has 1 N–H and O–H groups in total. The average Bonchev–Trinajstić information content (AvgIpc) is 2.02. The van der Waals surface area contributed by atoms with Crippen molar-refractivity contribution in [1.82, 2.24) is 0 Å². The molecule has 0 bridgehead atoms. The van der Waals surface area contributed by atoms with Crippen LogP contribution >= 0.6 is 0 Å². The highest BCUT2D eigenvalue weighted by molar-refractivity contribution is 7.87. The quantitative estimate of drug-likeness (QED) is 0.436. The van der Waals surface area contributed by atoms with E-state index in [1.807, 2.05) is 0 Å². The first kappa shape index (κ1) is 14.5. The van der Waals surface area contributed by atoms with Crippen molar-refractivity contribution >= 4 is 10.2 Å². The Morgan fingerprint density at radius 1 is 1.20 bits per heavy atom. The largest absolute Gasteiger partial charge is 0.464 e. The van der Waals surface area contributed by atoms with Gasteiger partial charge in [-0.1, -0.05) is 3.89 Å². The minimum absolute atomic E-state index is 0.419. The molecule has 0 heterocycles. The molecule has 0 aliphatic heterocycles. The van der Waals surface area contributed by atoms with Crippen LogP contribution in [0.4, 0.5) is 21.4 Å². The Hall–Kier alpha value is -0.480. The second-order valence-electron chi connectivity index (χ2n) is 2.40. The zero-order chi connectivity index (χ0) is 12.3. The molecular weight excluding hydrogens is 251 g/mol. The Kier molecular flexibility index (Phi) is 4.43. The smallest absolute Gasteiger partial charge is 0.396 e. The molecule has 0 aliphatic rings. The predicted octanol–water partition coefficient (Wildman–Crippen LogP) is 0.870. The molecule has 0 spiro atoms. The molecule has 0 aromatic heterocycles. The molecule has 0 aromatic carbocycles. The van der Waals surface area contributed by atoms with E-state index in [9.17, 15) is 29.9 Å². The summed E-state index contributed by atoms with van der Waals surface area (Å²) in [4.78, 5) is 0. The van der Waals surface area contributed by atoms with Gasteiger partial charge in [0.05, 0.1) is 6.61 Å². The fraction of sp³-hybridized carbons (Fsp3) is 1.00. The topological polar surface area (TPSA) is 63.6 Å². The van der Waals surface area contributed by atoms with Crippen LogP contribution in [0.25, 0.3) is 0 Å². The first-order valence-electron chi connectivity index (χ1n) is 3.51. The molecule has 4 nitrogen and oxygen atoms in total. The van der Waals surface area contributed by atoms with Crippen LogP contribution < -0.4 is 0 Å². The number of alkyl halides is 4. The van der Waals surface area contributed by atoms with Crippen LogP contribution in [0, 0.1) is 0 Å². The van der Waals surface area contributed by atoms with Gasteiger partial charge in [0.15, 0.2) is 0 Å². The van der Waals surface area contributed by atoms with E-state index in [4.69, 9.17) is 5.11 Å². The van der Waals surface area contributed by atoms with Crippen LogP contribution in [0.15, 0.2) is 0 Å². The summed E-state index contributed by atoms with van der Waals surface area (Å²) in [7, 11) is -6.77. The molecular formula is C5H7F5O4S. The van der Waals surface area contributed by atoms with Crippen molar-refractivity contribution < 1.29 is 39.7 Å². The molecule has 0 atom stereocenters. The van der Waals surface area contributed by atoms with E-state index in [-0.39, 0.29) is 0 Å². The maximum absolute atomic E-state index is 12.3. The predicted molar refractivity (Wildman–Crippen MR) is 37.6 cm³/mol. The third kappa shape index (κ3) is 3.24. The summed E-state index contributed by atoms with van der Waals surface area (Å²) < 4.78 is 83.6. The summed E-state index contributed by atoms with van der Waals surface area (Å²) in [6.07, 6.45) is -5.90. The van der Waals surface area contributed by atoms with Crippen molar-refractivity contribution in [1.29, 1.82) is 0 Å². The zero-order valence-electron chi connectivity index (χ0n) is 7.09. The molecule has 10 heteroatoms. The highest BCUT2D eigenvalue weighted by atomic mass is 32.3. The van der Waals surface area contributed by atoms with E-state index in [0.717, 1.165) is 0 Å². The SMILES string of the molecule is O=S(=O)(F)C(F)(F)C(F)(F)OCCCO. The van der Waals surface area contributed by atoms with E-state index >= 15 is 0 Å². The van der Waals surface area contributed by atoms with Crippen LogP contribution in [0.5, 0.6) is 0 Å². The fourth-order valence-corrected chi connectivity index (χ4v) is 0.834. The van der Waals surface area contributed by atoms with E-state index in [1.54, 1.807) is 0 Å². The van der Waals surface area contributed by atoms with Crippen molar-refractivity contribution in [2.45, 2.75) is 17.8 Å². The van der Waals surface area contributed by atoms with E-state index in [2.05, 4.69) is 4.74 Å². The van der Waals surface area contributed by atoms with Crippen LogP contribution in [0.2, 0.25) is 0 Å². The molecule has 0 amide bonds. The van der Waals surface area contributed by atoms with Crippen LogP contribution in [0.1, 0.15) is 6.42 Å². The van der Waals surface area contributed by atoms with Crippen molar-refractivity contribution in [3.63, 3.8) is 0 Å². The molecule has 0 rings (SSSR count). The second-order valence-corrected chi connectivity index (χ2v) is 3.79. The van der Waals surface area contributed by atoms with Crippen molar-refractivity contribution in [2.75, 3.05) is 13.2 Å². The van der Waals surface area contributed by atoms with E-state index in [1.165, 1.54) is 0 Å². The van der Waals surface area contributed by atoms with E-state index in [0.29, 0.717) is 0 Å². The van der Waals surface area contributed by atoms with Gasteiger partial charge in [0.2, 0.25) is 0 Å². The highest BCUT2D eigenvalue weighted by Crippen LogP contribution is 2.40. The lowest BCUT2D eigenvalue weighted by molar-refractivity contribution is -0.318. The summed E-state index contributed by atoms with van der Waals surface area (Å²) in [5.41, 5.74) is 0. The minimum Gasteiger partial charge on any atom is -0.396 e. The van der Waals surface area contributed by atoms with Crippen LogP contribution in [-0.2, 0) is 15.0 Å². The van der Waals surface area contributed by atoms with Crippen LogP contribution in [0.3, 0.4) is 0 Å². The molecule has 0 aromatic rings. The van der Waals surface area contributed by atoms with Gasteiger partial charge < -0.3 is 9.84 Å². The normalized spacial score (nSPS) is 14.3. The first-order valence-corrected chi connectivity index (χ1v) is 4.89. The summed E-state index contributed by atoms with van der Waals surface area (Å²) in [5, 5.41) is 2.17. The summed E-state index contributed by atoms with van der Waals surface area (Å²) in [6.45, 7) is -1.65. The maximum Gasteiger partial charge on any atom is 0.464 e. The number of ether oxygens (including phenoxy) is 1. The second kappa shape index (κ2) is 4.58. The molecule has 0 radical (unpaired) electrons. The van der Waals surface area contributed by atoms with Crippen LogP contribution in [-0.4, -0.2) is 38.1 Å². The molecule has 15 heavy (non-hydrogen) atoms. The Bertz CT molecular complexity index is 301. The average molecular weight is 258 g/mol. The van der Waals surface area contributed by atoms with Gasteiger partial charge in [-0.25, -0.2) is 0 Å². The molecule has 92 valence electrons. The number of halogens is 5. The third-order valence-corrected chi connectivity index (χ3v) is 2.08. The van der Waals surface area contributed by atoms with Crippen molar-refractivity contribution in [3.8, 4) is 0 Å². The standard InChI is InChI=1S/C5H7F5O4S/c6-4(7,14-3-1-2-11)5(8,9)15(10,12)13/h11H,1-3H2. The summed E-state index contributed by atoms with van der Waals surface area (Å²) in [6, 6.07) is 0. The molecule has 0 aliphatic carbocycles. The third-order valence-electron chi connectivity index (χ3n) is 1.23. The maximum atomic E-state index is 12.3. The van der Waals surface area contributed by atoms with Gasteiger partial charge >= 0.3 is 21.6 Å². The summed E-state index contributed by atoms with van der Waals surface area (Å²) in [5.74, 6) is 0. The Balaban J connectivity index is 4.71. The zero-order valence-corrected chi connectivity index (χ0v) is 7.91. The lowest BCUT2D eigenvalue weighted by Gasteiger charge is -2.22. The van der Waals surface area contributed by atoms with E-state index < -0.39 is 41.2 Å². The highest BCUT2D eigenvalue weighted by Gasteiger charge is 2.68. The van der Waals surface area contributed by atoms with Gasteiger partial charge in [-0.05, 0) is 6.42 Å². The minimum atomic E-state index is -6.77. The Morgan fingerprint density at radius 2 is 1.67 bits per heavy atom. The van der Waals surface area contributed by atoms with Gasteiger partial charge in [-0.15, -0.1) is 0 Å². The lowest BCUT2D eigenvalue weighted by atomic mass is 10.5. The number of aliphatic hydroxyl groups is 1. The Morgan fingerprint density at radius 3 is 2.00 bits per heavy atom. The van der Waals surface area contributed by atoms with Gasteiger partial charge in [0.1, 0.15) is 0 Å². The fourth-order valence-electron chi connectivity index (χ4n) is 0.491. The van der Waals surface area contributed by atoms with Crippen molar-refractivity contribution in [3.05, 3.63) is 0 Å². The molecule has 0 unspecified atom stereocenters. The monoisotopic (exact) mass is 258 g/mol. The number of rotatable bonds is 6. The number of hydrogen-bond donors (Lipinski definition) is 1. The van der Waals surface area contributed by atoms with Crippen molar-refractivity contribution in [2.24, 2.45) is 0 Å². The first-order chi connectivity index (χ1) is 6.56. The van der Waals surface area contributed by atoms with Gasteiger partial charge in [0.25, 0.3) is 0 Å². The number of hydrogen-bond acceptors (Lipinski definition) is 4. The Labute approximate surface area is 81.9 Å². The van der Waals surface area contributed by atoms with Gasteiger partial charge in [0, 0.05) is 6.61 Å². The molecule has 0 saturated carbocycles. The summed E-state index contributed by atoms with van der Waals surface area (Å²) >= 11 is 0. The molecule has 0 saturated heterocycles. The molecule has 0 fully saturated rings. The lowest BCUT2D eigenvalue weighted by Crippen LogP contribution is -2.47. The van der Waals surface area contributed by atoms with Gasteiger partial charge in [-0.3, -0.25) is 0 Å². The number of aliphatic hydroxyl groups excluding tert-OH is 1. The van der Waals surface area contributed by atoms with Gasteiger partial charge in [-0.2, -0.15) is 26.0 Å².